The number of rotatable bonds is 6. The van der Waals surface area contributed by atoms with Gasteiger partial charge in [0.25, 0.3) is 0 Å². The zero-order chi connectivity index (χ0) is 18.4. The van der Waals surface area contributed by atoms with Crippen LogP contribution in [-0.2, 0) is 9.59 Å². The summed E-state index contributed by atoms with van der Waals surface area (Å²) in [5.74, 6) is 0.573. The molecule has 2 amide bonds. The van der Waals surface area contributed by atoms with Crippen molar-refractivity contribution in [1.29, 1.82) is 0 Å². The summed E-state index contributed by atoms with van der Waals surface area (Å²) in [5, 5.41) is 3.52. The summed E-state index contributed by atoms with van der Waals surface area (Å²) in [7, 11) is 0. The van der Waals surface area contributed by atoms with Crippen LogP contribution in [0.3, 0.4) is 0 Å². The molecule has 1 aromatic carbocycles. The van der Waals surface area contributed by atoms with E-state index in [0.29, 0.717) is 10.9 Å². The highest BCUT2D eigenvalue weighted by molar-refractivity contribution is 6.30. The van der Waals surface area contributed by atoms with Gasteiger partial charge in [-0.2, -0.15) is 0 Å². The molecule has 2 rings (SSSR count). The van der Waals surface area contributed by atoms with Crippen LogP contribution in [-0.4, -0.2) is 54.3 Å². The number of hydrogen-bond acceptors (Lipinski definition) is 3. The summed E-state index contributed by atoms with van der Waals surface area (Å²) in [5.41, 5.74) is 0.895. The van der Waals surface area contributed by atoms with Gasteiger partial charge < -0.3 is 10.2 Å². The van der Waals surface area contributed by atoms with E-state index in [1.54, 1.807) is 12.1 Å². The van der Waals surface area contributed by atoms with Crippen molar-refractivity contribution in [2.24, 2.45) is 5.92 Å². The molecule has 1 N–H and O–H groups in total. The number of benzene rings is 1. The largest absolute Gasteiger partial charge is 0.349 e. The van der Waals surface area contributed by atoms with Gasteiger partial charge in [0, 0.05) is 44.7 Å². The first-order valence-electron chi connectivity index (χ1n) is 8.88. The molecule has 5 nitrogen and oxygen atoms in total. The van der Waals surface area contributed by atoms with E-state index in [0.717, 1.165) is 38.3 Å². The molecule has 1 aliphatic heterocycles. The average molecular weight is 366 g/mol. The van der Waals surface area contributed by atoms with Crippen LogP contribution in [0.4, 0.5) is 0 Å². The highest BCUT2D eigenvalue weighted by atomic mass is 35.5. The van der Waals surface area contributed by atoms with E-state index >= 15 is 0 Å². The van der Waals surface area contributed by atoms with E-state index in [1.807, 2.05) is 17.0 Å². The number of carbonyl (C=O) groups is 2. The van der Waals surface area contributed by atoms with E-state index in [9.17, 15) is 9.59 Å². The Morgan fingerprint density at radius 3 is 2.24 bits per heavy atom. The number of nitrogens with zero attached hydrogens (tertiary/aromatic N) is 2. The number of amides is 2. The molecule has 0 saturated carbocycles. The summed E-state index contributed by atoms with van der Waals surface area (Å²) in [6.07, 6.45) is 0.269. The number of piperazine rings is 1. The lowest BCUT2D eigenvalue weighted by Gasteiger charge is -2.36. The Labute approximate surface area is 155 Å². The van der Waals surface area contributed by atoms with Crippen molar-refractivity contribution >= 4 is 23.4 Å². The predicted octanol–water partition coefficient (Wildman–Crippen LogP) is 2.71. The zero-order valence-corrected chi connectivity index (χ0v) is 16.1. The fourth-order valence-electron chi connectivity index (χ4n) is 3.19. The Kier molecular flexibility index (Phi) is 7.26. The minimum atomic E-state index is -0.323. The molecule has 1 aromatic rings. The Balaban J connectivity index is 1.95. The summed E-state index contributed by atoms with van der Waals surface area (Å²) >= 11 is 5.93. The Morgan fingerprint density at radius 2 is 1.72 bits per heavy atom. The lowest BCUT2D eigenvalue weighted by atomic mass is 10.0. The summed E-state index contributed by atoms with van der Waals surface area (Å²) in [6, 6.07) is 6.95. The molecule has 138 valence electrons. The monoisotopic (exact) mass is 365 g/mol. The molecule has 0 bridgehead atoms. The number of carbonyl (C=O) groups excluding carboxylic acids is 2. The van der Waals surface area contributed by atoms with Gasteiger partial charge >= 0.3 is 0 Å². The van der Waals surface area contributed by atoms with Crippen LogP contribution in [0.15, 0.2) is 24.3 Å². The minimum Gasteiger partial charge on any atom is -0.349 e. The third kappa shape index (κ3) is 6.33. The van der Waals surface area contributed by atoms with E-state index in [1.165, 1.54) is 6.92 Å². The van der Waals surface area contributed by atoms with Crippen molar-refractivity contribution in [2.75, 3.05) is 32.7 Å². The van der Waals surface area contributed by atoms with Crippen molar-refractivity contribution in [3.8, 4) is 0 Å². The highest BCUT2D eigenvalue weighted by Gasteiger charge is 2.25. The molecule has 6 heteroatoms. The quantitative estimate of drug-likeness (QED) is 0.843. The molecule has 0 spiro atoms. The second-order valence-corrected chi connectivity index (χ2v) is 7.52. The van der Waals surface area contributed by atoms with Crippen LogP contribution in [0, 0.1) is 5.92 Å². The smallest absolute Gasteiger partial charge is 0.225 e. The maximum absolute atomic E-state index is 12.7. The Morgan fingerprint density at radius 1 is 1.12 bits per heavy atom. The molecule has 1 fully saturated rings. The first-order chi connectivity index (χ1) is 11.8. The molecule has 1 saturated heterocycles. The van der Waals surface area contributed by atoms with Crippen molar-refractivity contribution < 1.29 is 9.59 Å². The van der Waals surface area contributed by atoms with Crippen LogP contribution in [0.2, 0.25) is 5.02 Å². The number of halogens is 1. The minimum absolute atomic E-state index is 0.0814. The highest BCUT2D eigenvalue weighted by Crippen LogP contribution is 2.21. The lowest BCUT2D eigenvalue weighted by Crippen LogP contribution is -2.50. The van der Waals surface area contributed by atoms with Gasteiger partial charge in [0.1, 0.15) is 0 Å². The molecular weight excluding hydrogens is 338 g/mol. The van der Waals surface area contributed by atoms with E-state index in [2.05, 4.69) is 24.1 Å². The summed E-state index contributed by atoms with van der Waals surface area (Å²) in [4.78, 5) is 28.5. The Hall–Kier alpha value is -1.59. The normalized spacial score (nSPS) is 16.8. The van der Waals surface area contributed by atoms with Crippen molar-refractivity contribution in [2.45, 2.75) is 33.2 Å². The molecule has 1 aliphatic rings. The number of hydrogen-bond donors (Lipinski definition) is 1. The van der Waals surface area contributed by atoms with Gasteiger partial charge in [-0.25, -0.2) is 0 Å². The zero-order valence-electron chi connectivity index (χ0n) is 15.3. The van der Waals surface area contributed by atoms with Crippen LogP contribution in [0.1, 0.15) is 38.8 Å². The summed E-state index contributed by atoms with van der Waals surface area (Å²) in [6.45, 7) is 10.3. The third-order valence-electron chi connectivity index (χ3n) is 4.38. The predicted molar refractivity (Wildman–Crippen MR) is 100 cm³/mol. The van der Waals surface area contributed by atoms with Crippen LogP contribution >= 0.6 is 11.6 Å². The van der Waals surface area contributed by atoms with Crippen molar-refractivity contribution in [1.82, 2.24) is 15.1 Å². The summed E-state index contributed by atoms with van der Waals surface area (Å²) < 4.78 is 0. The fraction of sp³-hybridized carbons (Fsp3) is 0.579. The molecule has 1 unspecified atom stereocenters. The van der Waals surface area contributed by atoms with Crippen molar-refractivity contribution in [3.63, 3.8) is 0 Å². The molecular formula is C19H28ClN3O2. The first-order valence-corrected chi connectivity index (χ1v) is 9.25. The molecule has 0 radical (unpaired) electrons. The van der Waals surface area contributed by atoms with E-state index in [4.69, 9.17) is 11.6 Å². The maximum Gasteiger partial charge on any atom is 0.225 e. The molecule has 25 heavy (non-hydrogen) atoms. The van der Waals surface area contributed by atoms with E-state index in [-0.39, 0.29) is 24.3 Å². The standard InChI is InChI=1S/C19H28ClN3O2/c1-14(2)13-22-8-10-23(11-9-22)19(25)12-18(21-15(3)24)16-4-6-17(20)7-5-16/h4-7,14,18H,8-13H2,1-3H3,(H,21,24). The van der Waals surface area contributed by atoms with Gasteiger partial charge in [0.15, 0.2) is 0 Å². The topological polar surface area (TPSA) is 52.7 Å². The maximum atomic E-state index is 12.7. The van der Waals surface area contributed by atoms with Crippen LogP contribution in [0.25, 0.3) is 0 Å². The van der Waals surface area contributed by atoms with Gasteiger partial charge in [-0.3, -0.25) is 14.5 Å². The number of nitrogens with one attached hydrogen (secondary N) is 1. The van der Waals surface area contributed by atoms with Gasteiger partial charge in [0.2, 0.25) is 11.8 Å². The van der Waals surface area contributed by atoms with Gasteiger partial charge in [-0.15, -0.1) is 0 Å². The Bertz CT molecular complexity index is 581. The molecule has 0 aromatic heterocycles. The lowest BCUT2D eigenvalue weighted by molar-refractivity contribution is -0.133. The van der Waals surface area contributed by atoms with Crippen LogP contribution in [0.5, 0.6) is 0 Å². The van der Waals surface area contributed by atoms with Gasteiger partial charge in [0.05, 0.1) is 12.5 Å². The second-order valence-electron chi connectivity index (χ2n) is 7.08. The fourth-order valence-corrected chi connectivity index (χ4v) is 3.32. The SMILES string of the molecule is CC(=O)NC(CC(=O)N1CCN(CC(C)C)CC1)c1ccc(Cl)cc1. The van der Waals surface area contributed by atoms with Crippen molar-refractivity contribution in [3.05, 3.63) is 34.9 Å². The van der Waals surface area contributed by atoms with Gasteiger partial charge in [-0.1, -0.05) is 37.6 Å². The first kappa shape index (κ1) is 19.7. The third-order valence-corrected chi connectivity index (χ3v) is 4.63. The molecule has 1 heterocycles. The van der Waals surface area contributed by atoms with Crippen LogP contribution < -0.4 is 5.32 Å². The van der Waals surface area contributed by atoms with E-state index < -0.39 is 0 Å². The molecule has 0 aliphatic carbocycles. The average Bonchev–Trinajstić information content (AvgIpc) is 2.54. The van der Waals surface area contributed by atoms with Gasteiger partial charge in [-0.05, 0) is 23.6 Å². The second kappa shape index (κ2) is 9.20. The molecule has 1 atom stereocenters.